The molecular formula is C98H84N4O2. The minimum absolute atomic E-state index is 0.0568. The first kappa shape index (κ1) is 64.3. The quantitative estimate of drug-likeness (QED) is 0.137. The number of fused-ring (bicyclic) bond motifs is 15. The first-order chi connectivity index (χ1) is 50.1. The van der Waals surface area contributed by atoms with Gasteiger partial charge < -0.3 is 27.8 Å². The van der Waals surface area contributed by atoms with Gasteiger partial charge in [-0.25, -0.2) is 0 Å². The number of nitrogens with zero attached hydrogens (tertiary/aromatic N) is 4. The fraction of sp³-hybridized carbons (Fsp3) is 0.163. The Morgan fingerprint density at radius 1 is 0.221 bits per heavy atom. The second-order valence-electron chi connectivity index (χ2n) is 32.7. The van der Waals surface area contributed by atoms with Gasteiger partial charge in [0.2, 0.25) is 0 Å². The number of benzene rings is 14. The van der Waals surface area contributed by atoms with E-state index >= 15 is 0 Å². The van der Waals surface area contributed by atoms with Crippen molar-refractivity contribution in [2.45, 2.75) is 105 Å². The van der Waals surface area contributed by atoms with Crippen LogP contribution in [0.2, 0.25) is 0 Å². The molecule has 0 aliphatic carbocycles. The van der Waals surface area contributed by atoms with Gasteiger partial charge in [-0.2, -0.15) is 0 Å². The highest BCUT2D eigenvalue weighted by Crippen LogP contribution is 2.49. The van der Waals surface area contributed by atoms with Crippen molar-refractivity contribution < 1.29 is 8.83 Å². The summed E-state index contributed by atoms with van der Waals surface area (Å²) in [5.74, 6) is 0. The standard InChI is InChI=1S/C98H84N4O2/c1-95(2,3)65-51-66(96(4,5)6)54-75(53-65)101-85-29-21-19-27-77(85)79-43-39-71(57-87(79)101)99(69-35-31-63(32-36-69)61-23-15-13-16-24-61)73-41-45-83-91(59-73)103-89-49-47-82-81(93(83)89)48-50-90-94(82)84-46-42-74(60-92(84)104-90)100(70-37-33-64(34-38-70)62-25-17-14-18-26-62)72-40-44-80-78-28-20-22-30-86(78)102(88(80)58-72)76-55-67(97(7,8)9)52-68(56-76)98(10,11)12/h13-60H,1-12H3. The van der Waals surface area contributed by atoms with E-state index in [1.54, 1.807) is 0 Å². The molecule has 0 spiro atoms. The van der Waals surface area contributed by atoms with Crippen molar-refractivity contribution in [1.82, 2.24) is 9.13 Å². The Hall–Kier alpha value is -11.9. The number of hydrogen-bond acceptors (Lipinski definition) is 4. The van der Waals surface area contributed by atoms with Crippen LogP contribution in [0.25, 0.3) is 132 Å². The lowest BCUT2D eigenvalue weighted by Crippen LogP contribution is -2.17. The lowest BCUT2D eigenvalue weighted by Gasteiger charge is -2.27. The number of rotatable bonds is 10. The van der Waals surface area contributed by atoms with Gasteiger partial charge in [-0.3, -0.25) is 0 Å². The Morgan fingerprint density at radius 2 is 0.510 bits per heavy atom. The molecule has 18 rings (SSSR count). The molecule has 6 heteroatoms. The highest BCUT2D eigenvalue weighted by molar-refractivity contribution is 6.28. The lowest BCUT2D eigenvalue weighted by atomic mass is 9.80. The van der Waals surface area contributed by atoms with Crippen LogP contribution < -0.4 is 9.80 Å². The Morgan fingerprint density at radius 3 is 0.865 bits per heavy atom. The predicted octanol–water partition coefficient (Wildman–Crippen LogP) is 28.3. The van der Waals surface area contributed by atoms with Crippen LogP contribution >= 0.6 is 0 Å². The summed E-state index contributed by atoms with van der Waals surface area (Å²) in [6, 6.07) is 108. The molecule has 0 saturated carbocycles. The van der Waals surface area contributed by atoms with Crippen LogP contribution in [0, 0.1) is 0 Å². The van der Waals surface area contributed by atoms with Crippen LogP contribution in [0.15, 0.2) is 300 Å². The van der Waals surface area contributed by atoms with E-state index in [0.29, 0.717) is 0 Å². The van der Waals surface area contributed by atoms with Crippen LogP contribution in [0.1, 0.15) is 105 Å². The molecule has 0 bridgehead atoms. The largest absolute Gasteiger partial charge is 0.456 e. The molecule has 0 radical (unpaired) electrons. The van der Waals surface area contributed by atoms with Crippen LogP contribution in [0.3, 0.4) is 0 Å². The summed E-state index contributed by atoms with van der Waals surface area (Å²) in [6.07, 6.45) is 0. The molecule has 18 aromatic rings. The second-order valence-corrected chi connectivity index (χ2v) is 32.7. The first-order valence-corrected chi connectivity index (χ1v) is 36.6. The van der Waals surface area contributed by atoms with Gasteiger partial charge >= 0.3 is 0 Å². The molecule has 0 atom stereocenters. The summed E-state index contributed by atoms with van der Waals surface area (Å²) in [5.41, 5.74) is 26.1. The van der Waals surface area contributed by atoms with Crippen molar-refractivity contribution in [3.8, 4) is 33.6 Å². The average molecular weight is 1350 g/mol. The molecule has 4 aromatic heterocycles. The van der Waals surface area contributed by atoms with Crippen molar-refractivity contribution in [3.63, 3.8) is 0 Å². The van der Waals surface area contributed by atoms with Gasteiger partial charge in [0.25, 0.3) is 0 Å². The molecule has 0 amide bonds. The molecule has 0 aliphatic rings. The Balaban J connectivity index is 0.773. The lowest BCUT2D eigenvalue weighted by molar-refractivity contribution is 0.567. The van der Waals surface area contributed by atoms with Gasteiger partial charge in [0.1, 0.15) is 22.3 Å². The Bertz CT molecular complexity index is 5970. The molecule has 0 fully saturated rings. The van der Waals surface area contributed by atoms with Crippen LogP contribution in [0.5, 0.6) is 0 Å². The SMILES string of the molecule is CC(C)(C)c1cc(-n2c3ccccc3c3ccc(N(c4ccc(-c5ccccc5)cc4)c4ccc5c(c4)oc4ccc6c(ccc7oc8cc(N(c9ccc(-c%10ccccc%10)cc9)c9ccc%10c%11ccccc%11n(-c%11cc(C(C)(C)C)cc(C(C)(C)C)c%11)c%10c9)ccc8c76)c45)cc32)cc(C(C)(C)C)c1. The predicted molar refractivity (Wildman–Crippen MR) is 442 cm³/mol. The second kappa shape index (κ2) is 23.9. The Labute approximate surface area is 608 Å². The fourth-order valence-corrected chi connectivity index (χ4v) is 15.9. The van der Waals surface area contributed by atoms with Crippen molar-refractivity contribution in [3.05, 3.63) is 313 Å². The van der Waals surface area contributed by atoms with Gasteiger partial charge in [-0.15, -0.1) is 0 Å². The fourth-order valence-electron chi connectivity index (χ4n) is 15.9. The van der Waals surface area contributed by atoms with Gasteiger partial charge in [0.05, 0.1) is 22.1 Å². The van der Waals surface area contributed by atoms with E-state index in [9.17, 15) is 0 Å². The molecule has 6 nitrogen and oxygen atoms in total. The number of hydrogen-bond donors (Lipinski definition) is 0. The van der Waals surface area contributed by atoms with Crippen LogP contribution in [-0.2, 0) is 21.7 Å². The normalized spacial score (nSPS) is 12.6. The molecule has 0 N–H and O–H groups in total. The molecule has 0 aliphatic heterocycles. The molecule has 0 unspecified atom stereocenters. The number of para-hydroxylation sites is 2. The summed E-state index contributed by atoms with van der Waals surface area (Å²) in [7, 11) is 0. The van der Waals surface area contributed by atoms with Crippen molar-refractivity contribution >= 4 is 132 Å². The van der Waals surface area contributed by atoms with E-state index < -0.39 is 0 Å². The summed E-state index contributed by atoms with van der Waals surface area (Å²) < 4.78 is 19.1. The van der Waals surface area contributed by atoms with Crippen molar-refractivity contribution in [2.24, 2.45) is 0 Å². The first-order valence-electron chi connectivity index (χ1n) is 36.6. The number of aromatic nitrogens is 2. The monoisotopic (exact) mass is 1350 g/mol. The molecule has 14 aromatic carbocycles. The van der Waals surface area contributed by atoms with Gasteiger partial charge in [-0.05, 0) is 210 Å². The zero-order valence-electron chi connectivity index (χ0n) is 61.3. The molecule has 104 heavy (non-hydrogen) atoms. The third-order valence-electron chi connectivity index (χ3n) is 21.7. The zero-order chi connectivity index (χ0) is 71.3. The molecule has 0 saturated heterocycles. The summed E-state index contributed by atoms with van der Waals surface area (Å²) >= 11 is 0. The van der Waals surface area contributed by atoms with E-state index in [0.717, 1.165) is 122 Å². The highest BCUT2D eigenvalue weighted by atomic mass is 16.3. The maximum atomic E-state index is 7.06. The van der Waals surface area contributed by atoms with Crippen molar-refractivity contribution in [1.29, 1.82) is 0 Å². The topological polar surface area (TPSA) is 42.6 Å². The maximum absolute atomic E-state index is 7.06. The van der Waals surface area contributed by atoms with Gasteiger partial charge in [0, 0.05) is 101 Å². The number of anilines is 6. The van der Waals surface area contributed by atoms with E-state index in [1.165, 1.54) is 66.0 Å². The Kier molecular flexibility index (Phi) is 14.7. The summed E-state index contributed by atoms with van der Waals surface area (Å²) in [5, 5.41) is 11.3. The van der Waals surface area contributed by atoms with E-state index in [2.05, 4.69) is 393 Å². The zero-order valence-corrected chi connectivity index (χ0v) is 61.3. The smallest absolute Gasteiger partial charge is 0.137 e. The number of furan rings is 2. The maximum Gasteiger partial charge on any atom is 0.137 e. The van der Waals surface area contributed by atoms with E-state index in [1.807, 2.05) is 0 Å². The third-order valence-corrected chi connectivity index (χ3v) is 21.7. The van der Waals surface area contributed by atoms with Crippen molar-refractivity contribution in [2.75, 3.05) is 9.80 Å². The summed E-state index contributed by atoms with van der Waals surface area (Å²) in [6.45, 7) is 27.8. The minimum atomic E-state index is -0.0568. The van der Waals surface area contributed by atoms with Gasteiger partial charge in [-0.1, -0.05) is 229 Å². The molecule has 4 heterocycles. The van der Waals surface area contributed by atoms with Crippen LogP contribution in [-0.4, -0.2) is 9.13 Å². The highest BCUT2D eigenvalue weighted by Gasteiger charge is 2.28. The van der Waals surface area contributed by atoms with Gasteiger partial charge in [0.15, 0.2) is 0 Å². The van der Waals surface area contributed by atoms with E-state index in [-0.39, 0.29) is 21.7 Å². The van der Waals surface area contributed by atoms with E-state index in [4.69, 9.17) is 8.83 Å². The minimum Gasteiger partial charge on any atom is -0.456 e. The average Bonchev–Trinajstić information content (AvgIpc) is 1.66. The van der Waals surface area contributed by atoms with Crippen LogP contribution in [0.4, 0.5) is 34.1 Å². The molecular weight excluding hydrogens is 1270 g/mol. The summed E-state index contributed by atoms with van der Waals surface area (Å²) in [4.78, 5) is 4.77. The molecule has 508 valence electrons. The third kappa shape index (κ3) is 10.9.